The number of alkyl halides is 2. The van der Waals surface area contributed by atoms with E-state index < -0.39 is 45.3 Å². The lowest BCUT2D eigenvalue weighted by Gasteiger charge is -2.54. The summed E-state index contributed by atoms with van der Waals surface area (Å²) in [5, 5.41) is 2.85. The molecule has 2 bridgehead atoms. The van der Waals surface area contributed by atoms with E-state index in [4.69, 9.17) is 23.2 Å². The molecule has 0 unspecified atom stereocenters. The fourth-order valence-corrected chi connectivity index (χ4v) is 7.35. The zero-order valence-corrected chi connectivity index (χ0v) is 21.5. The molecule has 0 saturated carbocycles. The van der Waals surface area contributed by atoms with Crippen molar-refractivity contribution in [3.8, 4) is 0 Å². The third-order valence-electron chi connectivity index (χ3n) is 8.16. The van der Waals surface area contributed by atoms with Crippen molar-refractivity contribution < 1.29 is 14.4 Å². The minimum absolute atomic E-state index is 0.451. The molecular formula is C29H24Cl2N2O3. The van der Waals surface area contributed by atoms with Gasteiger partial charge in [0.2, 0.25) is 17.7 Å². The number of benzene rings is 3. The summed E-state index contributed by atoms with van der Waals surface area (Å²) in [5.74, 6) is -3.25. The van der Waals surface area contributed by atoms with E-state index in [2.05, 4.69) is 5.32 Å². The molecule has 1 heterocycles. The van der Waals surface area contributed by atoms with Crippen LogP contribution >= 0.6 is 23.2 Å². The maximum absolute atomic E-state index is 14.0. The van der Waals surface area contributed by atoms with Gasteiger partial charge < -0.3 is 5.32 Å². The molecule has 0 radical (unpaired) electrons. The van der Waals surface area contributed by atoms with Crippen LogP contribution in [0.3, 0.4) is 0 Å². The van der Waals surface area contributed by atoms with Gasteiger partial charge in [0.15, 0.2) is 0 Å². The van der Waals surface area contributed by atoms with Crippen LogP contribution in [0, 0.1) is 25.7 Å². The fraction of sp³-hybridized carbons (Fsp3) is 0.276. The molecule has 1 fully saturated rings. The maximum atomic E-state index is 14.0. The van der Waals surface area contributed by atoms with Gasteiger partial charge in [-0.3, -0.25) is 19.3 Å². The molecule has 3 aromatic carbocycles. The topological polar surface area (TPSA) is 66.5 Å². The lowest BCUT2D eigenvalue weighted by atomic mass is 9.54. The highest BCUT2D eigenvalue weighted by atomic mass is 35.5. The zero-order valence-electron chi connectivity index (χ0n) is 20.0. The number of carbonyl (C=O) groups is 3. The SMILES string of the molecule is Cc1ccc(NC(=O)[C@@H](C)N2C(=O)[C@@H]3[C@H](C2=O)C2(Cl)c4ccccc4C3(Cl)c3ccccc32)cc1C. The number of imide groups is 1. The second-order valence-electron chi connectivity index (χ2n) is 9.98. The standard InChI is InChI=1S/C29H24Cl2N2O3/c1-15-12-13-18(14-16(15)2)32-25(34)17(3)33-26(35)23-24(27(33)36)29(31)20-9-5-4-8-19(20)28(23,30)21-10-6-7-11-22(21)29/h4-14,17,23-24H,1-3H3,(H,32,34)/t17-,23-,24+,28?,29?/m1/s1. The number of aryl methyl sites for hydroxylation is 2. The Kier molecular flexibility index (Phi) is 4.96. The molecule has 1 saturated heterocycles. The van der Waals surface area contributed by atoms with Crippen molar-refractivity contribution in [3.63, 3.8) is 0 Å². The number of nitrogens with zero attached hydrogens (tertiary/aromatic N) is 1. The van der Waals surface area contributed by atoms with E-state index in [0.29, 0.717) is 5.69 Å². The number of hydrogen-bond donors (Lipinski definition) is 1. The Labute approximate surface area is 219 Å². The second-order valence-corrected chi connectivity index (χ2v) is 11.2. The minimum Gasteiger partial charge on any atom is -0.324 e. The van der Waals surface area contributed by atoms with E-state index in [1.165, 1.54) is 0 Å². The van der Waals surface area contributed by atoms with E-state index in [9.17, 15) is 14.4 Å². The maximum Gasteiger partial charge on any atom is 0.247 e. The predicted octanol–water partition coefficient (Wildman–Crippen LogP) is 5.22. The molecule has 3 atom stereocenters. The van der Waals surface area contributed by atoms with Crippen molar-refractivity contribution in [2.75, 3.05) is 5.32 Å². The Balaban J connectivity index is 1.43. The predicted molar refractivity (Wildman–Crippen MR) is 139 cm³/mol. The molecule has 7 heteroatoms. The second kappa shape index (κ2) is 7.67. The summed E-state index contributed by atoms with van der Waals surface area (Å²) < 4.78 is 0. The summed E-state index contributed by atoms with van der Waals surface area (Å²) in [7, 11) is 0. The summed E-state index contributed by atoms with van der Waals surface area (Å²) in [6.07, 6.45) is 0. The first kappa shape index (κ1) is 23.3. The van der Waals surface area contributed by atoms with Gasteiger partial charge in [0.25, 0.3) is 0 Å². The Bertz CT molecular complexity index is 1360. The molecule has 1 N–H and O–H groups in total. The first-order valence-electron chi connectivity index (χ1n) is 11.9. The fourth-order valence-electron chi connectivity index (χ4n) is 6.25. The molecule has 3 aromatic rings. The van der Waals surface area contributed by atoms with Crippen LogP contribution in [-0.4, -0.2) is 28.7 Å². The van der Waals surface area contributed by atoms with Crippen LogP contribution in [0.4, 0.5) is 5.69 Å². The van der Waals surface area contributed by atoms with Gasteiger partial charge in [-0.2, -0.15) is 0 Å². The van der Waals surface area contributed by atoms with Crippen molar-refractivity contribution >= 4 is 46.6 Å². The third kappa shape index (κ3) is 2.76. The average Bonchev–Trinajstić information content (AvgIpc) is 3.15. The number of amides is 3. The van der Waals surface area contributed by atoms with Crippen LogP contribution in [0.1, 0.15) is 40.3 Å². The summed E-state index contributed by atoms with van der Waals surface area (Å²) >= 11 is 14.9. The summed E-state index contributed by atoms with van der Waals surface area (Å²) in [6.45, 7) is 5.51. The van der Waals surface area contributed by atoms with E-state index in [-0.39, 0.29) is 0 Å². The highest BCUT2D eigenvalue weighted by molar-refractivity contribution is 6.36. The highest BCUT2D eigenvalue weighted by Crippen LogP contribution is 2.69. The van der Waals surface area contributed by atoms with Crippen LogP contribution in [0.25, 0.3) is 0 Å². The summed E-state index contributed by atoms with van der Waals surface area (Å²) in [4.78, 5) is 39.8. The van der Waals surface area contributed by atoms with Crippen LogP contribution in [0.15, 0.2) is 66.7 Å². The van der Waals surface area contributed by atoms with Crippen molar-refractivity contribution in [2.24, 2.45) is 11.8 Å². The van der Waals surface area contributed by atoms with Gasteiger partial charge in [-0.15, -0.1) is 23.2 Å². The Morgan fingerprint density at radius 1 is 0.806 bits per heavy atom. The number of carbonyl (C=O) groups excluding carboxylic acids is 3. The Morgan fingerprint density at radius 3 is 1.67 bits per heavy atom. The lowest BCUT2D eigenvalue weighted by molar-refractivity contribution is -0.146. The number of halogens is 2. The molecule has 182 valence electrons. The molecule has 7 rings (SSSR count). The van der Waals surface area contributed by atoms with Gasteiger partial charge in [0.1, 0.15) is 15.8 Å². The van der Waals surface area contributed by atoms with E-state index in [1.54, 1.807) is 13.0 Å². The van der Waals surface area contributed by atoms with Gasteiger partial charge in [0, 0.05) is 5.69 Å². The summed E-state index contributed by atoms with van der Waals surface area (Å²) in [6, 6.07) is 19.5. The largest absolute Gasteiger partial charge is 0.324 e. The smallest absolute Gasteiger partial charge is 0.247 e. The highest BCUT2D eigenvalue weighted by Gasteiger charge is 2.73. The first-order chi connectivity index (χ1) is 17.1. The number of likely N-dealkylation sites (tertiary alicyclic amines) is 1. The Hall–Kier alpha value is -3.15. The molecule has 4 aliphatic rings. The first-order valence-corrected chi connectivity index (χ1v) is 12.7. The molecule has 36 heavy (non-hydrogen) atoms. The third-order valence-corrected chi connectivity index (χ3v) is 9.45. The van der Waals surface area contributed by atoms with Gasteiger partial charge in [-0.25, -0.2) is 0 Å². The zero-order chi connectivity index (χ0) is 25.6. The number of anilines is 1. The molecule has 3 aliphatic carbocycles. The number of rotatable bonds is 3. The Morgan fingerprint density at radius 2 is 1.25 bits per heavy atom. The molecular weight excluding hydrogens is 495 g/mol. The minimum atomic E-state index is -1.26. The quantitative estimate of drug-likeness (QED) is 0.381. The number of nitrogens with one attached hydrogen (secondary N) is 1. The van der Waals surface area contributed by atoms with Gasteiger partial charge >= 0.3 is 0 Å². The van der Waals surface area contributed by atoms with E-state index in [1.807, 2.05) is 74.5 Å². The van der Waals surface area contributed by atoms with Gasteiger partial charge in [0.05, 0.1) is 11.8 Å². The van der Waals surface area contributed by atoms with E-state index >= 15 is 0 Å². The molecule has 3 amide bonds. The van der Waals surface area contributed by atoms with Crippen LogP contribution in [-0.2, 0) is 24.1 Å². The van der Waals surface area contributed by atoms with Gasteiger partial charge in [-0.05, 0) is 66.3 Å². The van der Waals surface area contributed by atoms with Crippen molar-refractivity contribution in [3.05, 3.63) is 100 Å². The van der Waals surface area contributed by atoms with Crippen LogP contribution in [0.2, 0.25) is 0 Å². The van der Waals surface area contributed by atoms with Crippen LogP contribution in [0.5, 0.6) is 0 Å². The number of hydrogen-bond acceptors (Lipinski definition) is 3. The summed E-state index contributed by atoms with van der Waals surface area (Å²) in [5.41, 5.74) is 5.67. The monoisotopic (exact) mass is 518 g/mol. The lowest BCUT2D eigenvalue weighted by Crippen LogP contribution is -2.57. The van der Waals surface area contributed by atoms with Crippen molar-refractivity contribution in [1.29, 1.82) is 0 Å². The average molecular weight is 519 g/mol. The van der Waals surface area contributed by atoms with Gasteiger partial charge in [-0.1, -0.05) is 54.6 Å². The molecule has 5 nitrogen and oxygen atoms in total. The van der Waals surface area contributed by atoms with Crippen molar-refractivity contribution in [2.45, 2.75) is 36.6 Å². The van der Waals surface area contributed by atoms with Crippen LogP contribution < -0.4 is 5.32 Å². The molecule has 0 spiro atoms. The molecule has 1 aliphatic heterocycles. The van der Waals surface area contributed by atoms with Crippen molar-refractivity contribution in [1.82, 2.24) is 4.90 Å². The normalized spacial score (nSPS) is 28.4. The molecule has 0 aromatic heterocycles. The van der Waals surface area contributed by atoms with E-state index in [0.717, 1.165) is 38.3 Å².